The third-order valence-electron chi connectivity index (χ3n) is 5.54. The Bertz CT molecular complexity index is 639. The van der Waals surface area contributed by atoms with Crippen molar-refractivity contribution < 1.29 is 23.8 Å². The van der Waals surface area contributed by atoms with Gasteiger partial charge in [-0.25, -0.2) is 8.78 Å². The van der Waals surface area contributed by atoms with Crippen LogP contribution in [0.5, 0.6) is 0 Å². The minimum atomic E-state index is -0.905. The van der Waals surface area contributed by atoms with Crippen LogP contribution in [0, 0.1) is 17.0 Å². The minimum Gasteiger partial charge on any atom is -0.395 e. The number of carbonyl (C=O) groups excluding carboxylic acids is 1. The Kier molecular flexibility index (Phi) is 5.36. The molecule has 0 bridgehead atoms. The van der Waals surface area contributed by atoms with Crippen LogP contribution in [0.4, 0.5) is 8.78 Å². The molecule has 2 fully saturated rings. The van der Waals surface area contributed by atoms with E-state index in [1.165, 1.54) is 12.1 Å². The standard InChI is InChI=1S/C18H24F2N2O3/c19-15-4-1-3-13(16(15)20)9-21-7-2-5-18(17(21)25)6-8-22(12-18)14(10-23)11-24/h1,3-4,14,23-24H,2,5-12H2. The third kappa shape index (κ3) is 3.41. The number of likely N-dealkylation sites (tertiary alicyclic amines) is 2. The van der Waals surface area contributed by atoms with E-state index in [9.17, 15) is 23.8 Å². The van der Waals surface area contributed by atoms with Crippen LogP contribution in [0.2, 0.25) is 0 Å². The highest BCUT2D eigenvalue weighted by Crippen LogP contribution is 2.41. The first-order valence-corrected chi connectivity index (χ1v) is 8.69. The number of aliphatic hydroxyl groups excluding tert-OH is 2. The van der Waals surface area contributed by atoms with E-state index in [-0.39, 0.29) is 37.3 Å². The van der Waals surface area contributed by atoms with Crippen LogP contribution in [0.15, 0.2) is 18.2 Å². The first-order chi connectivity index (χ1) is 12.0. The summed E-state index contributed by atoms with van der Waals surface area (Å²) in [4.78, 5) is 16.6. The fraction of sp³-hybridized carbons (Fsp3) is 0.611. The molecule has 1 unspecified atom stereocenters. The number of aliphatic hydroxyl groups is 2. The van der Waals surface area contributed by atoms with Crippen molar-refractivity contribution >= 4 is 5.91 Å². The number of hydrogen-bond acceptors (Lipinski definition) is 4. The topological polar surface area (TPSA) is 64.0 Å². The van der Waals surface area contributed by atoms with Gasteiger partial charge < -0.3 is 15.1 Å². The number of nitrogens with zero attached hydrogens (tertiary/aromatic N) is 2. The molecule has 3 rings (SSSR count). The van der Waals surface area contributed by atoms with Crippen molar-refractivity contribution in [3.05, 3.63) is 35.4 Å². The molecular weight excluding hydrogens is 330 g/mol. The lowest BCUT2D eigenvalue weighted by Gasteiger charge is -2.40. The van der Waals surface area contributed by atoms with Crippen LogP contribution < -0.4 is 0 Å². The fourth-order valence-electron chi connectivity index (χ4n) is 4.06. The van der Waals surface area contributed by atoms with Gasteiger partial charge in [-0.1, -0.05) is 12.1 Å². The van der Waals surface area contributed by atoms with Gasteiger partial charge >= 0.3 is 0 Å². The zero-order valence-electron chi connectivity index (χ0n) is 14.1. The number of hydrogen-bond donors (Lipinski definition) is 2. The lowest BCUT2D eigenvalue weighted by atomic mass is 9.78. The first-order valence-electron chi connectivity index (χ1n) is 8.69. The average molecular weight is 354 g/mol. The summed E-state index contributed by atoms with van der Waals surface area (Å²) in [5.41, 5.74) is -0.367. The van der Waals surface area contributed by atoms with Crippen LogP contribution in [0.3, 0.4) is 0 Å². The molecule has 2 N–H and O–H groups in total. The van der Waals surface area contributed by atoms with E-state index in [4.69, 9.17) is 0 Å². The van der Waals surface area contributed by atoms with E-state index in [0.717, 1.165) is 18.9 Å². The van der Waals surface area contributed by atoms with Gasteiger partial charge in [-0.05, 0) is 31.9 Å². The van der Waals surface area contributed by atoms with Gasteiger partial charge in [0.25, 0.3) is 0 Å². The van der Waals surface area contributed by atoms with Crippen LogP contribution in [0.1, 0.15) is 24.8 Å². The predicted molar refractivity (Wildman–Crippen MR) is 87.6 cm³/mol. The molecular formula is C18H24F2N2O3. The van der Waals surface area contributed by atoms with Crippen molar-refractivity contribution in [1.29, 1.82) is 0 Å². The van der Waals surface area contributed by atoms with Gasteiger partial charge in [-0.2, -0.15) is 0 Å². The summed E-state index contributed by atoms with van der Waals surface area (Å²) in [5, 5.41) is 18.7. The maximum Gasteiger partial charge on any atom is 0.230 e. The molecule has 138 valence electrons. The normalized spacial score (nSPS) is 24.7. The second-order valence-electron chi connectivity index (χ2n) is 7.06. The van der Waals surface area contributed by atoms with Gasteiger partial charge in [0.05, 0.1) is 24.7 Å². The Morgan fingerprint density at radius 2 is 1.92 bits per heavy atom. The zero-order chi connectivity index (χ0) is 18.0. The molecule has 2 heterocycles. The van der Waals surface area contributed by atoms with Crippen molar-refractivity contribution in [3.8, 4) is 0 Å². The smallest absolute Gasteiger partial charge is 0.230 e. The van der Waals surface area contributed by atoms with E-state index < -0.39 is 17.0 Å². The van der Waals surface area contributed by atoms with Gasteiger partial charge in [-0.15, -0.1) is 0 Å². The number of piperidine rings is 1. The zero-order valence-corrected chi connectivity index (χ0v) is 14.1. The molecule has 1 aromatic rings. The SMILES string of the molecule is O=C1N(Cc2cccc(F)c2F)CCCC12CCN(C(CO)CO)C2. The molecule has 1 amide bonds. The van der Waals surface area contributed by atoms with E-state index in [2.05, 4.69) is 0 Å². The number of rotatable bonds is 5. The summed E-state index contributed by atoms with van der Waals surface area (Å²) in [7, 11) is 0. The lowest BCUT2D eigenvalue weighted by Crippen LogP contribution is -2.50. The maximum atomic E-state index is 13.9. The summed E-state index contributed by atoms with van der Waals surface area (Å²) in [5.74, 6) is -1.85. The van der Waals surface area contributed by atoms with Crippen molar-refractivity contribution in [2.45, 2.75) is 31.8 Å². The predicted octanol–water partition coefficient (Wildman–Crippen LogP) is 1.13. The molecule has 0 aliphatic carbocycles. The number of halogens is 2. The largest absolute Gasteiger partial charge is 0.395 e. The molecule has 2 aliphatic heterocycles. The van der Waals surface area contributed by atoms with Gasteiger partial charge in [-0.3, -0.25) is 9.69 Å². The lowest BCUT2D eigenvalue weighted by molar-refractivity contribution is -0.146. The molecule has 0 radical (unpaired) electrons. The van der Waals surface area contributed by atoms with Gasteiger partial charge in [0.1, 0.15) is 0 Å². The maximum absolute atomic E-state index is 13.9. The molecule has 5 nitrogen and oxygen atoms in total. The molecule has 0 saturated carbocycles. The monoisotopic (exact) mass is 354 g/mol. The minimum absolute atomic E-state index is 0.0421. The average Bonchev–Trinajstić information content (AvgIpc) is 3.02. The second-order valence-corrected chi connectivity index (χ2v) is 7.06. The Balaban J connectivity index is 1.74. The molecule has 1 aromatic carbocycles. The molecule has 1 spiro atoms. The van der Waals surface area contributed by atoms with Crippen LogP contribution in [-0.4, -0.2) is 64.8 Å². The Labute approximate surface area is 145 Å². The van der Waals surface area contributed by atoms with E-state index >= 15 is 0 Å². The quantitative estimate of drug-likeness (QED) is 0.832. The summed E-state index contributed by atoms with van der Waals surface area (Å²) in [6.07, 6.45) is 2.21. The highest BCUT2D eigenvalue weighted by atomic mass is 19.2. The summed E-state index contributed by atoms with van der Waals surface area (Å²) < 4.78 is 27.3. The van der Waals surface area contributed by atoms with Crippen LogP contribution in [0.25, 0.3) is 0 Å². The van der Waals surface area contributed by atoms with Gasteiger partial charge in [0.2, 0.25) is 5.91 Å². The Hall–Kier alpha value is -1.57. The Morgan fingerprint density at radius 1 is 1.16 bits per heavy atom. The highest BCUT2D eigenvalue weighted by molar-refractivity contribution is 5.84. The van der Waals surface area contributed by atoms with Crippen molar-refractivity contribution in [2.75, 3.05) is 32.8 Å². The Morgan fingerprint density at radius 3 is 2.64 bits per heavy atom. The summed E-state index contributed by atoms with van der Waals surface area (Å²) >= 11 is 0. The molecule has 0 aromatic heterocycles. The highest BCUT2D eigenvalue weighted by Gasteiger charge is 2.49. The molecule has 1 atom stereocenters. The second kappa shape index (κ2) is 7.35. The van der Waals surface area contributed by atoms with E-state index in [1.54, 1.807) is 4.90 Å². The van der Waals surface area contributed by atoms with Crippen molar-refractivity contribution in [1.82, 2.24) is 9.80 Å². The molecule has 2 saturated heterocycles. The molecule has 25 heavy (non-hydrogen) atoms. The summed E-state index contributed by atoms with van der Waals surface area (Å²) in [6, 6.07) is 3.66. The van der Waals surface area contributed by atoms with Crippen molar-refractivity contribution in [3.63, 3.8) is 0 Å². The van der Waals surface area contributed by atoms with Gasteiger partial charge in [0.15, 0.2) is 11.6 Å². The van der Waals surface area contributed by atoms with Crippen LogP contribution in [-0.2, 0) is 11.3 Å². The van der Waals surface area contributed by atoms with Gasteiger partial charge in [0, 0.05) is 25.2 Å². The van der Waals surface area contributed by atoms with Crippen LogP contribution >= 0.6 is 0 Å². The van der Waals surface area contributed by atoms with Crippen molar-refractivity contribution in [2.24, 2.45) is 5.41 Å². The first kappa shape index (κ1) is 18.2. The van der Waals surface area contributed by atoms with E-state index in [0.29, 0.717) is 26.1 Å². The fourth-order valence-corrected chi connectivity index (χ4v) is 4.06. The molecule has 2 aliphatic rings. The number of carbonyl (C=O) groups is 1. The number of benzene rings is 1. The molecule has 7 heteroatoms. The van der Waals surface area contributed by atoms with E-state index in [1.807, 2.05) is 4.90 Å². The third-order valence-corrected chi connectivity index (χ3v) is 5.54. The number of amides is 1. The summed E-state index contributed by atoms with van der Waals surface area (Å²) in [6.45, 7) is 1.41.